The Morgan fingerprint density at radius 2 is 0.714 bits per heavy atom. The maximum atomic E-state index is 12.3. The Bertz CT molecular complexity index is 3620. The van der Waals surface area contributed by atoms with Crippen LogP contribution in [0, 0.1) is 57.3 Å². The molecule has 4 amide bonds. The number of benzene rings is 8. The van der Waals surface area contributed by atoms with Crippen molar-refractivity contribution in [1.29, 1.82) is 0 Å². The Labute approximate surface area is 681 Å². The highest BCUT2D eigenvalue weighted by Gasteiger charge is 2.25. The second-order valence-corrected chi connectivity index (χ2v) is 30.4. The van der Waals surface area contributed by atoms with E-state index in [4.69, 9.17) is 68.7 Å². The number of aromatic hydroxyl groups is 2. The average molecular weight is 1590 g/mol. The van der Waals surface area contributed by atoms with E-state index in [1.54, 1.807) is 97.1 Å². The highest BCUT2D eigenvalue weighted by Crippen LogP contribution is 2.28. The summed E-state index contributed by atoms with van der Waals surface area (Å²) in [5.41, 5.74) is 7.05. The number of anilines is 2. The molecule has 4 saturated heterocycles. The Balaban J connectivity index is 0.000000209. The van der Waals surface area contributed by atoms with Crippen molar-refractivity contribution in [2.45, 2.75) is 151 Å². The van der Waals surface area contributed by atoms with Crippen LogP contribution in [-0.2, 0) is 9.53 Å². The first-order chi connectivity index (χ1) is 53.9. The number of ether oxygens (including phenoxy) is 5. The summed E-state index contributed by atoms with van der Waals surface area (Å²) in [6, 6.07) is 59.3. The number of rotatable bonds is 16. The molecule has 6 fully saturated rings. The number of aryl methyl sites for hydroxylation is 4. The van der Waals surface area contributed by atoms with Gasteiger partial charge in [-0.15, -0.1) is 0 Å². The van der Waals surface area contributed by atoms with Crippen LogP contribution in [0.4, 0.5) is 26.7 Å². The highest BCUT2D eigenvalue weighted by atomic mass is 35.5. The Morgan fingerprint density at radius 1 is 0.420 bits per heavy atom. The zero-order valence-corrected chi connectivity index (χ0v) is 67.6. The van der Waals surface area contributed by atoms with Gasteiger partial charge in [-0.25, -0.2) is 14.4 Å². The third-order valence-electron chi connectivity index (χ3n) is 19.9. The number of phenolic OH excluding ortho intramolecular Hbond substituents is 2. The second kappa shape index (κ2) is 54.0. The maximum Gasteiger partial charge on any atom is 0.321 e. The summed E-state index contributed by atoms with van der Waals surface area (Å²) in [6.07, 6.45) is 23.7. The second-order valence-electron chi connectivity index (χ2n) is 29.1. The molecule has 0 spiro atoms. The van der Waals surface area contributed by atoms with Gasteiger partial charge in [-0.3, -0.25) is 0 Å². The predicted octanol–water partition coefficient (Wildman–Crippen LogP) is 22.7. The van der Waals surface area contributed by atoms with Crippen LogP contribution in [0.2, 0.25) is 15.1 Å². The monoisotopic (exact) mass is 1590 g/mol. The van der Waals surface area contributed by atoms with Crippen LogP contribution in [0.25, 0.3) is 0 Å². The number of aliphatic imine (C=N–C) groups is 1. The molecule has 17 nitrogen and oxygen atoms in total. The van der Waals surface area contributed by atoms with Gasteiger partial charge in [0.25, 0.3) is 0 Å². The molecule has 4 aliphatic heterocycles. The summed E-state index contributed by atoms with van der Waals surface area (Å²) in [7, 11) is 0. The number of urea groups is 2. The van der Waals surface area contributed by atoms with Gasteiger partial charge in [0.2, 0.25) is 6.08 Å². The lowest BCUT2D eigenvalue weighted by Crippen LogP contribution is -2.42. The van der Waals surface area contributed by atoms with Gasteiger partial charge >= 0.3 is 12.1 Å². The van der Waals surface area contributed by atoms with Gasteiger partial charge in [-0.1, -0.05) is 152 Å². The number of aliphatic hydroxyl groups excluding tert-OH is 1. The highest BCUT2D eigenvalue weighted by molar-refractivity contribution is 6.31. The largest absolute Gasteiger partial charge is 0.508 e. The molecule has 0 unspecified atom stereocenters. The lowest BCUT2D eigenvalue weighted by molar-refractivity contribution is 0.152. The molecule has 2 aliphatic carbocycles. The minimum absolute atomic E-state index is 0. The number of carbonyl (C=O) groups excluding carboxylic acids is 3. The van der Waals surface area contributed by atoms with E-state index in [1.807, 2.05) is 53.1 Å². The molecule has 8 aromatic rings. The zero-order valence-electron chi connectivity index (χ0n) is 65.4. The number of isocyanates is 1. The quantitative estimate of drug-likeness (QED) is 0.0394. The van der Waals surface area contributed by atoms with Crippen LogP contribution in [0.5, 0.6) is 34.5 Å². The Kier molecular flexibility index (Phi) is 44.4. The van der Waals surface area contributed by atoms with Crippen molar-refractivity contribution in [1.82, 2.24) is 15.1 Å². The van der Waals surface area contributed by atoms with Gasteiger partial charge in [0, 0.05) is 72.4 Å². The van der Waals surface area contributed by atoms with E-state index in [1.165, 1.54) is 118 Å². The van der Waals surface area contributed by atoms with E-state index in [9.17, 15) is 19.5 Å². The fraction of sp³-hybridized carbons (Fsp3) is 0.446. The molecule has 14 rings (SSSR count). The molecule has 112 heavy (non-hydrogen) atoms. The summed E-state index contributed by atoms with van der Waals surface area (Å²) >= 11 is 17.3. The number of likely N-dealkylation sites (tertiary alicyclic amines) is 2. The predicted molar refractivity (Wildman–Crippen MR) is 458 cm³/mol. The van der Waals surface area contributed by atoms with Crippen molar-refractivity contribution < 1.29 is 53.4 Å². The van der Waals surface area contributed by atoms with E-state index in [0.29, 0.717) is 77.2 Å². The number of nitrogens with one attached hydrogen (secondary N) is 3. The van der Waals surface area contributed by atoms with Crippen LogP contribution in [0.1, 0.15) is 145 Å². The van der Waals surface area contributed by atoms with Crippen molar-refractivity contribution in [2.24, 2.45) is 34.6 Å². The van der Waals surface area contributed by atoms with Gasteiger partial charge in [0.05, 0.1) is 32.1 Å². The molecule has 8 aromatic carbocycles. The third-order valence-corrected chi connectivity index (χ3v) is 20.6. The Morgan fingerprint density at radius 3 is 1.02 bits per heavy atom. The van der Waals surface area contributed by atoms with Crippen molar-refractivity contribution in [3.05, 3.63) is 231 Å². The minimum Gasteiger partial charge on any atom is -0.508 e. The number of hydrogen-bond donors (Lipinski definition) is 6. The molecular weight excluding hydrogens is 1470 g/mol. The molecule has 6 N–H and O–H groups in total. The summed E-state index contributed by atoms with van der Waals surface area (Å²) in [4.78, 5) is 41.4. The molecule has 2 saturated carbocycles. The number of carbonyl (C=O) groups is 2. The fourth-order valence-corrected chi connectivity index (χ4v) is 13.2. The average Bonchev–Trinajstić information content (AvgIpc) is 0.999. The molecule has 20 heteroatoms. The van der Waals surface area contributed by atoms with Crippen LogP contribution in [0.3, 0.4) is 0 Å². The molecule has 6 aliphatic rings. The van der Waals surface area contributed by atoms with Crippen LogP contribution in [0.15, 0.2) is 199 Å². The molecule has 0 radical (unpaired) electrons. The standard InChI is InChI=1S/C20H23ClN2O2.C19H21ClN2O3.C14H20O.C13H19NO.C7H4ClNO.C7H8O.C7H14O.C4H8O.CH4/c1-15-2-8-19(9-3-15)25-14-16-10-12-23(13-11-16)20(24)22-18-6-4-17(21)5-7-18;20-15-1-3-16(4-2-15)21-19(24)22-11-9-14(10-12-22)13-25-18-7-5-17(23)6-8-18;1-12-7-9-14(10-8-12)15-11-13-5-3-2-4-6-13;1-11-2-4-13(5-3-11)15-10-12-6-8-14-9-7-12;8-6-1-3-7(4-2-6)9-5-10;1-6-2-4-7(8)5-3-6;8-6-7-4-2-1-3-5-7;1-2-4-5-3-1;/h2-9,16H,10-14H2,1H3,(H,22,24);1-8,14,23H,9-13H2,(H,21,24);7-10,13H,2-6,11H2,1H3;2-5,12,14H,6-10H2,1H3;1-4H;2-5,8H,1H3;7-8H,1-6H2;1-4H2;1H4. The molecule has 0 atom stereocenters. The van der Waals surface area contributed by atoms with Gasteiger partial charge in [0.1, 0.15) is 34.5 Å². The van der Waals surface area contributed by atoms with Gasteiger partial charge in [0.15, 0.2) is 0 Å². The molecular formula is C92H121Cl3N6O11. The van der Waals surface area contributed by atoms with Crippen molar-refractivity contribution in [3.63, 3.8) is 0 Å². The summed E-state index contributed by atoms with van der Waals surface area (Å²) in [6.45, 7) is 19.0. The zero-order chi connectivity index (χ0) is 79.1. The lowest BCUT2D eigenvalue weighted by atomic mass is 9.90. The number of phenols is 2. The van der Waals surface area contributed by atoms with Crippen LogP contribution in [-0.4, -0.2) is 129 Å². The van der Waals surface area contributed by atoms with E-state index in [-0.39, 0.29) is 25.2 Å². The summed E-state index contributed by atoms with van der Waals surface area (Å²) < 4.78 is 28.1. The lowest BCUT2D eigenvalue weighted by Gasteiger charge is -2.31. The Hall–Kier alpha value is -8.77. The molecule has 0 bridgehead atoms. The molecule has 606 valence electrons. The molecule has 0 aromatic heterocycles. The molecule has 4 heterocycles. The number of hydrogen-bond acceptors (Lipinski definition) is 13. The van der Waals surface area contributed by atoms with Gasteiger partial charge < -0.3 is 64.8 Å². The number of piperidine rings is 3. The van der Waals surface area contributed by atoms with Crippen LogP contribution >= 0.6 is 34.8 Å². The van der Waals surface area contributed by atoms with E-state index in [2.05, 4.69) is 102 Å². The number of amides is 4. The third kappa shape index (κ3) is 39.1. The fourth-order valence-electron chi connectivity index (χ4n) is 12.8. The summed E-state index contributed by atoms with van der Waals surface area (Å²) in [5, 5.41) is 37.8. The first-order valence-electron chi connectivity index (χ1n) is 39.6. The van der Waals surface area contributed by atoms with Crippen molar-refractivity contribution in [3.8, 4) is 34.5 Å². The van der Waals surface area contributed by atoms with E-state index >= 15 is 0 Å². The van der Waals surface area contributed by atoms with Crippen LogP contribution < -0.4 is 34.9 Å². The number of aliphatic hydroxyl groups is 1. The van der Waals surface area contributed by atoms with Gasteiger partial charge in [-0.2, -0.15) is 4.99 Å². The van der Waals surface area contributed by atoms with Crippen molar-refractivity contribution in [2.75, 3.05) is 96.2 Å². The number of halogens is 3. The van der Waals surface area contributed by atoms with E-state index < -0.39 is 0 Å². The first-order valence-corrected chi connectivity index (χ1v) is 40.7. The SMILES string of the molecule is C.C1CCOC1.Cc1ccc(O)cc1.Cc1ccc(OCC2CCCCC2)cc1.Cc1ccc(OCC2CCN(C(=O)Nc3ccc(Cl)cc3)CC2)cc1.Cc1ccc(OCC2CCNCC2)cc1.O=C(Nc1ccc(Cl)cc1)N1CCC(COc2ccc(O)cc2)CC1.O=C=Nc1ccc(Cl)cc1.OCC1CCCCC1. The summed E-state index contributed by atoms with van der Waals surface area (Å²) in [5.74, 6) is 7.31. The maximum absolute atomic E-state index is 12.3. The topological polar surface area (TPSA) is 213 Å². The smallest absolute Gasteiger partial charge is 0.321 e. The van der Waals surface area contributed by atoms with Gasteiger partial charge in [-0.05, 0) is 293 Å². The minimum atomic E-state index is -0.0831. The first kappa shape index (κ1) is 92.1. The van der Waals surface area contributed by atoms with E-state index in [0.717, 1.165) is 124 Å². The van der Waals surface area contributed by atoms with Crippen molar-refractivity contribution >= 4 is 70.0 Å². The normalized spacial score (nSPS) is 15.6. The number of nitrogens with zero attached hydrogens (tertiary/aromatic N) is 3.